The van der Waals surface area contributed by atoms with Crippen LogP contribution in [-0.2, 0) is 18.3 Å². The van der Waals surface area contributed by atoms with Crippen LogP contribution in [0.4, 0.5) is 0 Å². The fourth-order valence-electron chi connectivity index (χ4n) is 3.52. The molecule has 0 radical (unpaired) electrons. The molecule has 0 aliphatic rings. The normalized spacial score (nSPS) is 11.3. The molecule has 0 amide bonds. The van der Waals surface area contributed by atoms with E-state index in [1.54, 1.807) is 25.4 Å². The van der Waals surface area contributed by atoms with Gasteiger partial charge >= 0.3 is 5.97 Å². The average Bonchev–Trinajstić information content (AvgIpc) is 3.23. The molecule has 0 aliphatic heterocycles. The molecule has 0 aliphatic carbocycles. The van der Waals surface area contributed by atoms with Gasteiger partial charge in [0.05, 0.1) is 31.0 Å². The van der Waals surface area contributed by atoms with Gasteiger partial charge in [-0.2, -0.15) is 0 Å². The van der Waals surface area contributed by atoms with Gasteiger partial charge < -0.3 is 18.6 Å². The molecule has 0 unspecified atom stereocenters. The highest BCUT2D eigenvalue weighted by Gasteiger charge is 2.20. The van der Waals surface area contributed by atoms with Crippen molar-refractivity contribution < 1.29 is 14.3 Å². The molecule has 0 N–H and O–H groups in total. The van der Waals surface area contributed by atoms with Crippen molar-refractivity contribution in [3.8, 4) is 17.3 Å². The monoisotopic (exact) mass is 364 g/mol. The zero-order valence-corrected chi connectivity index (χ0v) is 15.7. The molecule has 4 rings (SSSR count). The molecule has 3 aromatic heterocycles. The molecule has 0 saturated carbocycles. The van der Waals surface area contributed by atoms with Gasteiger partial charge in [0.25, 0.3) is 0 Å². The number of carbonyl (C=O) groups excluding carboxylic acids is 1. The van der Waals surface area contributed by atoms with Gasteiger partial charge in [-0.3, -0.25) is 0 Å². The van der Waals surface area contributed by atoms with Crippen LogP contribution in [0.25, 0.3) is 33.6 Å². The van der Waals surface area contributed by atoms with E-state index in [2.05, 4.69) is 22.5 Å². The van der Waals surface area contributed by atoms with Gasteiger partial charge in [-0.05, 0) is 37.3 Å². The van der Waals surface area contributed by atoms with Crippen molar-refractivity contribution in [2.75, 3.05) is 14.2 Å². The first-order valence-corrected chi connectivity index (χ1v) is 8.66. The van der Waals surface area contributed by atoms with E-state index in [1.807, 2.05) is 23.7 Å². The Hall–Kier alpha value is -3.35. The first-order chi connectivity index (χ1) is 13.1. The van der Waals surface area contributed by atoms with Crippen LogP contribution in [0.5, 0.6) is 5.75 Å². The van der Waals surface area contributed by atoms with Crippen LogP contribution >= 0.6 is 0 Å². The van der Waals surface area contributed by atoms with E-state index in [4.69, 9.17) is 14.5 Å². The minimum atomic E-state index is -0.422. The lowest BCUT2D eigenvalue weighted by atomic mass is 10.2. The summed E-state index contributed by atoms with van der Waals surface area (Å²) in [4.78, 5) is 21.3. The molecule has 138 valence electrons. The maximum absolute atomic E-state index is 12.0. The van der Waals surface area contributed by atoms with E-state index < -0.39 is 5.97 Å². The van der Waals surface area contributed by atoms with Crippen molar-refractivity contribution >= 4 is 28.0 Å². The lowest BCUT2D eigenvalue weighted by Gasteiger charge is -2.09. The summed E-state index contributed by atoms with van der Waals surface area (Å²) in [6.07, 6.45) is 1.79. The number of hydrogen-bond acceptors (Lipinski definition) is 5. The maximum Gasteiger partial charge on any atom is 0.338 e. The summed E-state index contributed by atoms with van der Waals surface area (Å²) in [5, 5.41) is 1.06. The van der Waals surface area contributed by atoms with E-state index in [1.165, 1.54) is 7.11 Å². The molecule has 27 heavy (non-hydrogen) atoms. The summed E-state index contributed by atoms with van der Waals surface area (Å²) < 4.78 is 14.5. The number of aromatic nitrogens is 4. The molecule has 0 saturated heterocycles. The molecule has 0 spiro atoms. The Balaban J connectivity index is 2.01. The summed E-state index contributed by atoms with van der Waals surface area (Å²) in [5.41, 5.74) is 3.79. The van der Waals surface area contributed by atoms with Crippen LogP contribution in [0, 0.1) is 0 Å². The minimum absolute atomic E-state index is 0.407. The topological polar surface area (TPSA) is 71.2 Å². The van der Waals surface area contributed by atoms with E-state index in [-0.39, 0.29) is 0 Å². The molecule has 0 bridgehead atoms. The maximum atomic E-state index is 12.0. The van der Waals surface area contributed by atoms with Crippen molar-refractivity contribution in [2.24, 2.45) is 7.05 Å². The summed E-state index contributed by atoms with van der Waals surface area (Å²) >= 11 is 0. The van der Waals surface area contributed by atoms with Gasteiger partial charge in [0.15, 0.2) is 5.82 Å². The first-order valence-electron chi connectivity index (χ1n) is 8.66. The lowest BCUT2D eigenvalue weighted by molar-refractivity contribution is 0.0600. The number of benzene rings is 1. The molecule has 7 heteroatoms. The third-order valence-corrected chi connectivity index (χ3v) is 4.78. The van der Waals surface area contributed by atoms with Crippen molar-refractivity contribution in [1.82, 2.24) is 19.1 Å². The number of methoxy groups -OCH3 is 2. The van der Waals surface area contributed by atoms with E-state index in [9.17, 15) is 4.79 Å². The largest absolute Gasteiger partial charge is 0.494 e. The minimum Gasteiger partial charge on any atom is -0.494 e. The Bertz CT molecular complexity index is 1170. The van der Waals surface area contributed by atoms with E-state index in [0.717, 1.165) is 34.6 Å². The van der Waals surface area contributed by atoms with Crippen molar-refractivity contribution in [3.05, 3.63) is 42.1 Å². The summed E-state index contributed by atoms with van der Waals surface area (Å²) in [6, 6.07) is 9.45. The lowest BCUT2D eigenvalue weighted by Crippen LogP contribution is -2.03. The van der Waals surface area contributed by atoms with E-state index >= 15 is 0 Å². The second-order valence-electron chi connectivity index (χ2n) is 6.22. The number of carbonyl (C=O) groups is 1. The van der Waals surface area contributed by atoms with Crippen molar-refractivity contribution in [3.63, 3.8) is 0 Å². The second kappa shape index (κ2) is 6.42. The third-order valence-electron chi connectivity index (χ3n) is 4.78. The van der Waals surface area contributed by atoms with Gasteiger partial charge in [0, 0.05) is 25.2 Å². The highest BCUT2D eigenvalue weighted by atomic mass is 16.5. The van der Waals surface area contributed by atoms with Crippen LogP contribution in [0.1, 0.15) is 17.3 Å². The third kappa shape index (κ3) is 2.54. The fraction of sp³-hybridized carbons (Fsp3) is 0.250. The van der Waals surface area contributed by atoms with Gasteiger partial charge in [0.1, 0.15) is 16.9 Å². The summed E-state index contributed by atoms with van der Waals surface area (Å²) in [7, 11) is 4.88. The van der Waals surface area contributed by atoms with Crippen molar-refractivity contribution in [2.45, 2.75) is 13.5 Å². The zero-order valence-electron chi connectivity index (χ0n) is 15.7. The number of aryl methyl sites for hydroxylation is 2. The zero-order chi connectivity index (χ0) is 19.1. The van der Waals surface area contributed by atoms with Crippen LogP contribution in [0.15, 0.2) is 36.5 Å². The van der Waals surface area contributed by atoms with E-state index in [0.29, 0.717) is 16.8 Å². The van der Waals surface area contributed by atoms with Crippen LogP contribution < -0.4 is 4.74 Å². The highest BCUT2D eigenvalue weighted by Crippen LogP contribution is 2.33. The standard InChI is InChI=1S/C20H20N4O3/c1-5-24-15(10-12-7-6-8-21-18(12)24)19-22-14-9-13(20(25)27-4)11-16(26-3)17(14)23(19)2/h6-11H,5H2,1-4H3. The average molecular weight is 364 g/mol. The number of nitrogens with zero attached hydrogens (tertiary/aromatic N) is 4. The Morgan fingerprint density at radius 2 is 2.04 bits per heavy atom. The summed E-state index contributed by atoms with van der Waals surface area (Å²) in [5.74, 6) is 0.936. The highest BCUT2D eigenvalue weighted by molar-refractivity contribution is 5.97. The first kappa shape index (κ1) is 17.1. The number of pyridine rings is 1. The summed E-state index contributed by atoms with van der Waals surface area (Å²) in [6.45, 7) is 2.85. The van der Waals surface area contributed by atoms with Crippen molar-refractivity contribution in [1.29, 1.82) is 0 Å². The molecule has 0 fully saturated rings. The fourth-order valence-corrected chi connectivity index (χ4v) is 3.52. The number of ether oxygens (including phenoxy) is 2. The Morgan fingerprint density at radius 3 is 2.74 bits per heavy atom. The molecule has 0 atom stereocenters. The Morgan fingerprint density at radius 1 is 1.22 bits per heavy atom. The predicted molar refractivity (Wildman–Crippen MR) is 103 cm³/mol. The molecule has 7 nitrogen and oxygen atoms in total. The SMILES string of the molecule is CCn1c(-c2nc3cc(C(=O)OC)cc(OC)c3n2C)cc2cccnc21. The van der Waals surface area contributed by atoms with Crippen LogP contribution in [0.3, 0.4) is 0 Å². The van der Waals surface area contributed by atoms with Gasteiger partial charge in [-0.1, -0.05) is 0 Å². The van der Waals surface area contributed by atoms with Crippen LogP contribution in [-0.4, -0.2) is 39.3 Å². The molecule has 3 heterocycles. The van der Waals surface area contributed by atoms with Gasteiger partial charge in [-0.15, -0.1) is 0 Å². The molecule has 4 aromatic rings. The van der Waals surface area contributed by atoms with Gasteiger partial charge in [0.2, 0.25) is 0 Å². The number of hydrogen-bond donors (Lipinski definition) is 0. The number of rotatable bonds is 4. The molecular weight excluding hydrogens is 344 g/mol. The number of imidazole rings is 1. The van der Waals surface area contributed by atoms with Gasteiger partial charge in [-0.25, -0.2) is 14.8 Å². The van der Waals surface area contributed by atoms with Crippen LogP contribution in [0.2, 0.25) is 0 Å². The Labute approximate surface area is 156 Å². The predicted octanol–water partition coefficient (Wildman–Crippen LogP) is 3.41. The molecule has 1 aromatic carbocycles. The smallest absolute Gasteiger partial charge is 0.338 e. The second-order valence-corrected chi connectivity index (χ2v) is 6.22. The number of esters is 1. The quantitative estimate of drug-likeness (QED) is 0.519. The number of fused-ring (bicyclic) bond motifs is 2. The Kier molecular flexibility index (Phi) is 4.07. The molecular formula is C20H20N4O3.